The number of thiophene rings is 1. The molecule has 4 heteroatoms. The third-order valence-electron chi connectivity index (χ3n) is 2.75. The van der Waals surface area contributed by atoms with Gasteiger partial charge in [-0.25, -0.2) is 0 Å². The lowest BCUT2D eigenvalue weighted by atomic mass is 10.1. The van der Waals surface area contributed by atoms with Crippen LogP contribution >= 0.6 is 11.3 Å². The van der Waals surface area contributed by atoms with E-state index in [4.69, 9.17) is 9.47 Å². The van der Waals surface area contributed by atoms with Gasteiger partial charge in [0.15, 0.2) is 11.5 Å². The normalized spacial score (nSPS) is 12.2. The van der Waals surface area contributed by atoms with Gasteiger partial charge in [0, 0.05) is 11.3 Å². The standard InChI is InChI=1S/C14H16O3S/c1-16-12-6-5-10(9-13(12)17-2)8-11(15)14-4-3-7-18-14/h3-7,9,11,15H,8H2,1-2H3. The zero-order valence-electron chi connectivity index (χ0n) is 10.4. The average Bonchev–Trinajstić information content (AvgIpc) is 2.92. The van der Waals surface area contributed by atoms with Crippen LogP contribution in [0.5, 0.6) is 11.5 Å². The maximum Gasteiger partial charge on any atom is 0.160 e. The van der Waals surface area contributed by atoms with Crippen molar-refractivity contribution < 1.29 is 14.6 Å². The predicted molar refractivity (Wildman–Crippen MR) is 72.5 cm³/mol. The summed E-state index contributed by atoms with van der Waals surface area (Å²) in [6.07, 6.45) is 0.101. The highest BCUT2D eigenvalue weighted by molar-refractivity contribution is 7.10. The summed E-state index contributed by atoms with van der Waals surface area (Å²) >= 11 is 1.56. The topological polar surface area (TPSA) is 38.7 Å². The Morgan fingerprint density at radius 2 is 1.94 bits per heavy atom. The highest BCUT2D eigenvalue weighted by atomic mass is 32.1. The Morgan fingerprint density at radius 1 is 1.17 bits per heavy atom. The molecular weight excluding hydrogens is 248 g/mol. The summed E-state index contributed by atoms with van der Waals surface area (Å²) in [6.45, 7) is 0. The Bertz CT molecular complexity index is 494. The second kappa shape index (κ2) is 5.89. The fourth-order valence-electron chi connectivity index (χ4n) is 1.81. The first-order chi connectivity index (χ1) is 8.74. The lowest BCUT2D eigenvalue weighted by Gasteiger charge is -2.12. The monoisotopic (exact) mass is 264 g/mol. The first-order valence-corrected chi connectivity index (χ1v) is 6.55. The maximum atomic E-state index is 10.1. The van der Waals surface area contributed by atoms with Crippen LogP contribution in [0, 0.1) is 0 Å². The zero-order valence-corrected chi connectivity index (χ0v) is 11.2. The van der Waals surface area contributed by atoms with Gasteiger partial charge in [-0.1, -0.05) is 12.1 Å². The molecule has 2 aromatic rings. The van der Waals surface area contributed by atoms with Gasteiger partial charge in [0.05, 0.1) is 20.3 Å². The van der Waals surface area contributed by atoms with Gasteiger partial charge in [-0.3, -0.25) is 0 Å². The lowest BCUT2D eigenvalue weighted by molar-refractivity contribution is 0.182. The molecule has 0 bridgehead atoms. The van der Waals surface area contributed by atoms with Gasteiger partial charge in [-0.2, -0.15) is 0 Å². The van der Waals surface area contributed by atoms with Crippen molar-refractivity contribution in [2.24, 2.45) is 0 Å². The van der Waals surface area contributed by atoms with E-state index >= 15 is 0 Å². The molecule has 1 aromatic heterocycles. The van der Waals surface area contributed by atoms with Crippen LogP contribution in [0.1, 0.15) is 16.5 Å². The van der Waals surface area contributed by atoms with Crippen molar-refractivity contribution in [3.8, 4) is 11.5 Å². The summed E-state index contributed by atoms with van der Waals surface area (Å²) in [6, 6.07) is 9.58. The van der Waals surface area contributed by atoms with E-state index in [1.165, 1.54) is 0 Å². The number of methoxy groups -OCH3 is 2. The second-order valence-corrected chi connectivity index (χ2v) is 4.90. The number of aliphatic hydroxyl groups excluding tert-OH is 1. The summed E-state index contributed by atoms with van der Waals surface area (Å²) in [4.78, 5) is 0.977. The SMILES string of the molecule is COc1ccc(CC(O)c2cccs2)cc1OC. The van der Waals surface area contributed by atoms with Gasteiger partial charge in [0.1, 0.15) is 0 Å². The van der Waals surface area contributed by atoms with Crippen molar-refractivity contribution in [3.63, 3.8) is 0 Å². The lowest BCUT2D eigenvalue weighted by Crippen LogP contribution is -2.00. The summed E-state index contributed by atoms with van der Waals surface area (Å²) in [7, 11) is 3.22. The van der Waals surface area contributed by atoms with Crippen LogP contribution in [0.2, 0.25) is 0 Å². The molecule has 0 aliphatic rings. The predicted octanol–water partition coefficient (Wildman–Crippen LogP) is 3.04. The summed E-state index contributed by atoms with van der Waals surface area (Å²) in [5.74, 6) is 1.39. The Labute approximate surface area is 111 Å². The third kappa shape index (κ3) is 2.83. The first-order valence-electron chi connectivity index (χ1n) is 5.67. The van der Waals surface area contributed by atoms with E-state index < -0.39 is 6.10 Å². The molecule has 0 spiro atoms. The van der Waals surface area contributed by atoms with Crippen molar-refractivity contribution in [1.82, 2.24) is 0 Å². The van der Waals surface area contributed by atoms with Gasteiger partial charge >= 0.3 is 0 Å². The number of ether oxygens (including phenoxy) is 2. The number of rotatable bonds is 5. The van der Waals surface area contributed by atoms with E-state index in [0.717, 1.165) is 10.4 Å². The smallest absolute Gasteiger partial charge is 0.160 e. The van der Waals surface area contributed by atoms with Crippen molar-refractivity contribution in [3.05, 3.63) is 46.2 Å². The molecule has 0 radical (unpaired) electrons. The van der Waals surface area contributed by atoms with E-state index in [-0.39, 0.29) is 0 Å². The number of benzene rings is 1. The molecule has 0 amide bonds. The molecule has 96 valence electrons. The van der Waals surface area contributed by atoms with E-state index in [0.29, 0.717) is 17.9 Å². The molecular formula is C14H16O3S. The molecule has 0 fully saturated rings. The Kier molecular flexibility index (Phi) is 4.23. The molecule has 2 rings (SSSR count). The summed E-state index contributed by atoms with van der Waals surface area (Å²) in [5.41, 5.74) is 1.02. The molecule has 1 N–H and O–H groups in total. The van der Waals surface area contributed by atoms with Crippen LogP contribution in [0.4, 0.5) is 0 Å². The van der Waals surface area contributed by atoms with Crippen LogP contribution in [-0.2, 0) is 6.42 Å². The van der Waals surface area contributed by atoms with E-state index in [1.54, 1.807) is 25.6 Å². The molecule has 18 heavy (non-hydrogen) atoms. The maximum absolute atomic E-state index is 10.1. The number of hydrogen-bond acceptors (Lipinski definition) is 4. The number of hydrogen-bond donors (Lipinski definition) is 1. The quantitative estimate of drug-likeness (QED) is 0.902. The Morgan fingerprint density at radius 3 is 2.56 bits per heavy atom. The van der Waals surface area contributed by atoms with Crippen molar-refractivity contribution >= 4 is 11.3 Å². The van der Waals surface area contributed by atoms with Crippen LogP contribution in [0.25, 0.3) is 0 Å². The van der Waals surface area contributed by atoms with Crippen molar-refractivity contribution in [2.45, 2.75) is 12.5 Å². The highest BCUT2D eigenvalue weighted by Crippen LogP contribution is 2.30. The van der Waals surface area contributed by atoms with Gasteiger partial charge in [0.25, 0.3) is 0 Å². The first kappa shape index (κ1) is 12.9. The van der Waals surface area contributed by atoms with E-state index in [9.17, 15) is 5.11 Å². The van der Waals surface area contributed by atoms with Gasteiger partial charge in [-0.15, -0.1) is 11.3 Å². The zero-order chi connectivity index (χ0) is 13.0. The van der Waals surface area contributed by atoms with Crippen molar-refractivity contribution in [2.75, 3.05) is 14.2 Å². The number of aliphatic hydroxyl groups is 1. The average molecular weight is 264 g/mol. The molecule has 0 aliphatic carbocycles. The molecule has 1 atom stereocenters. The molecule has 0 saturated carbocycles. The largest absolute Gasteiger partial charge is 0.493 e. The third-order valence-corrected chi connectivity index (χ3v) is 3.72. The van der Waals surface area contributed by atoms with Gasteiger partial charge in [-0.05, 0) is 29.1 Å². The Balaban J connectivity index is 2.14. The molecule has 0 saturated heterocycles. The van der Waals surface area contributed by atoms with Crippen LogP contribution in [0.15, 0.2) is 35.7 Å². The fourth-order valence-corrected chi connectivity index (χ4v) is 2.52. The fraction of sp³-hybridized carbons (Fsp3) is 0.286. The van der Waals surface area contributed by atoms with Crippen LogP contribution in [-0.4, -0.2) is 19.3 Å². The summed E-state index contributed by atoms with van der Waals surface area (Å²) < 4.78 is 10.4. The van der Waals surface area contributed by atoms with E-state index in [1.807, 2.05) is 35.7 Å². The summed E-state index contributed by atoms with van der Waals surface area (Å²) in [5, 5.41) is 12.1. The molecule has 1 heterocycles. The highest BCUT2D eigenvalue weighted by Gasteiger charge is 2.11. The van der Waals surface area contributed by atoms with Crippen molar-refractivity contribution in [1.29, 1.82) is 0 Å². The minimum absolute atomic E-state index is 0.469. The second-order valence-electron chi connectivity index (χ2n) is 3.92. The molecule has 3 nitrogen and oxygen atoms in total. The van der Waals surface area contributed by atoms with Gasteiger partial charge in [0.2, 0.25) is 0 Å². The van der Waals surface area contributed by atoms with Crippen LogP contribution in [0.3, 0.4) is 0 Å². The molecule has 1 aromatic carbocycles. The Hall–Kier alpha value is -1.52. The van der Waals surface area contributed by atoms with Gasteiger partial charge < -0.3 is 14.6 Å². The molecule has 1 unspecified atom stereocenters. The minimum Gasteiger partial charge on any atom is -0.493 e. The molecule has 0 aliphatic heterocycles. The minimum atomic E-state index is -0.469. The van der Waals surface area contributed by atoms with E-state index in [2.05, 4.69) is 0 Å². The van der Waals surface area contributed by atoms with Crippen LogP contribution < -0.4 is 9.47 Å².